The number of rotatable bonds is 2. The number of hydrogen-bond donors (Lipinski definition) is 1. The molecule has 4 heterocycles. The quantitative estimate of drug-likeness (QED) is 0.601. The van der Waals surface area contributed by atoms with Crippen LogP contribution in [0.3, 0.4) is 0 Å². The monoisotopic (exact) mass is 471 g/mol. The van der Waals surface area contributed by atoms with E-state index in [9.17, 15) is 13.2 Å². The van der Waals surface area contributed by atoms with Gasteiger partial charge in [-0.3, -0.25) is 0 Å². The first-order chi connectivity index (χ1) is 16.3. The Labute approximate surface area is 194 Å². The van der Waals surface area contributed by atoms with Gasteiger partial charge < -0.3 is 19.7 Å². The first kappa shape index (κ1) is 21.4. The SMILES string of the molecule is COC1CN(c2cc3c4nc(nc3cn2)CC2(CC2)COc2c(cccc2C(F)(F)F)CN4)C1. The standard InChI is InChI=1S/C24H24F3N5O2/c1-33-15-11-32(12-15)20-7-16-18(10-28-20)30-19-8-23(5-6-23)13-34-21-14(9-29-22(16)31-19)3-2-4-17(21)24(25,26)27/h2-4,7,10,15H,5-6,8-9,11-13H2,1H3,(H,29,30,31). The number of nitrogens with one attached hydrogen (secondary N) is 1. The molecule has 1 aromatic carbocycles. The van der Waals surface area contributed by atoms with Crippen LogP contribution in [0.15, 0.2) is 30.5 Å². The summed E-state index contributed by atoms with van der Waals surface area (Å²) in [4.78, 5) is 16.2. The molecule has 178 valence electrons. The molecule has 1 N–H and O–H groups in total. The number of halogens is 3. The number of benzene rings is 1. The fraction of sp³-hybridized carbons (Fsp3) is 0.458. The minimum atomic E-state index is -4.50. The van der Waals surface area contributed by atoms with Crippen molar-refractivity contribution in [3.8, 4) is 5.75 Å². The largest absolute Gasteiger partial charge is 0.492 e. The van der Waals surface area contributed by atoms with Gasteiger partial charge in [-0.05, 0) is 25.0 Å². The summed E-state index contributed by atoms with van der Waals surface area (Å²) in [6.07, 6.45) is -0.285. The second-order valence-corrected chi connectivity index (χ2v) is 9.42. The number of anilines is 2. The molecule has 0 radical (unpaired) electrons. The molecule has 2 fully saturated rings. The molecule has 3 aromatic rings. The Morgan fingerprint density at radius 3 is 2.76 bits per heavy atom. The molecule has 34 heavy (non-hydrogen) atoms. The van der Waals surface area contributed by atoms with Crippen LogP contribution in [0.1, 0.15) is 29.8 Å². The zero-order valence-corrected chi connectivity index (χ0v) is 18.7. The molecule has 2 aliphatic heterocycles. The van der Waals surface area contributed by atoms with Gasteiger partial charge in [-0.1, -0.05) is 12.1 Å². The third-order valence-corrected chi connectivity index (χ3v) is 6.98. The van der Waals surface area contributed by atoms with Gasteiger partial charge in [-0.25, -0.2) is 15.0 Å². The molecule has 0 atom stereocenters. The Morgan fingerprint density at radius 2 is 2.03 bits per heavy atom. The van der Waals surface area contributed by atoms with E-state index in [4.69, 9.17) is 19.4 Å². The number of nitrogens with zero attached hydrogens (tertiary/aromatic N) is 4. The van der Waals surface area contributed by atoms with E-state index in [2.05, 4.69) is 15.2 Å². The Bertz CT molecular complexity index is 1260. The predicted octanol–water partition coefficient (Wildman–Crippen LogP) is 4.21. The molecule has 0 unspecified atom stereocenters. The first-order valence-electron chi connectivity index (χ1n) is 11.3. The molecule has 0 amide bonds. The van der Waals surface area contributed by atoms with E-state index < -0.39 is 11.7 Å². The molecule has 10 heteroatoms. The van der Waals surface area contributed by atoms with Crippen molar-refractivity contribution < 1.29 is 22.6 Å². The van der Waals surface area contributed by atoms with Crippen LogP contribution in [0.5, 0.6) is 5.75 Å². The lowest BCUT2D eigenvalue weighted by Gasteiger charge is -2.39. The van der Waals surface area contributed by atoms with Gasteiger partial charge in [0.05, 0.1) is 30.0 Å². The lowest BCUT2D eigenvalue weighted by Crippen LogP contribution is -2.52. The van der Waals surface area contributed by atoms with Gasteiger partial charge in [0.1, 0.15) is 23.2 Å². The van der Waals surface area contributed by atoms with Crippen LogP contribution >= 0.6 is 0 Å². The van der Waals surface area contributed by atoms with Crippen LogP contribution in [-0.2, 0) is 23.9 Å². The van der Waals surface area contributed by atoms with Crippen molar-refractivity contribution in [1.29, 1.82) is 0 Å². The number of para-hydroxylation sites is 1. The molecule has 2 aromatic heterocycles. The van der Waals surface area contributed by atoms with Crippen LogP contribution in [0.4, 0.5) is 24.8 Å². The molecule has 1 saturated carbocycles. The topological polar surface area (TPSA) is 72.4 Å². The maximum Gasteiger partial charge on any atom is 0.419 e. The van der Waals surface area contributed by atoms with Gasteiger partial charge in [0.15, 0.2) is 0 Å². The smallest absolute Gasteiger partial charge is 0.419 e. The fourth-order valence-electron chi connectivity index (χ4n) is 4.64. The minimum absolute atomic E-state index is 0.102. The van der Waals surface area contributed by atoms with E-state index in [0.29, 0.717) is 29.1 Å². The predicted molar refractivity (Wildman–Crippen MR) is 120 cm³/mol. The normalized spacial score (nSPS) is 19.6. The Kier molecular flexibility index (Phi) is 4.84. The zero-order valence-electron chi connectivity index (χ0n) is 18.7. The van der Waals surface area contributed by atoms with Crippen molar-refractivity contribution in [2.24, 2.45) is 5.41 Å². The average molecular weight is 471 g/mol. The zero-order chi connectivity index (χ0) is 23.5. The molecule has 6 rings (SSSR count). The van der Waals surface area contributed by atoms with Gasteiger partial charge in [-0.15, -0.1) is 0 Å². The van der Waals surface area contributed by atoms with Gasteiger partial charge in [0, 0.05) is 49.5 Å². The van der Waals surface area contributed by atoms with Crippen molar-refractivity contribution in [3.63, 3.8) is 0 Å². The summed E-state index contributed by atoms with van der Waals surface area (Å²) in [7, 11) is 1.69. The molecule has 1 aliphatic carbocycles. The highest BCUT2D eigenvalue weighted by Gasteiger charge is 2.45. The summed E-state index contributed by atoms with van der Waals surface area (Å²) >= 11 is 0. The lowest BCUT2D eigenvalue weighted by molar-refractivity contribution is -0.139. The summed E-state index contributed by atoms with van der Waals surface area (Å²) in [6.45, 7) is 1.86. The van der Waals surface area contributed by atoms with Crippen molar-refractivity contribution in [2.75, 3.05) is 37.0 Å². The molecule has 7 nitrogen and oxygen atoms in total. The highest BCUT2D eigenvalue weighted by atomic mass is 19.4. The van der Waals surface area contributed by atoms with Crippen LogP contribution in [-0.4, -0.2) is 47.9 Å². The summed E-state index contributed by atoms with van der Waals surface area (Å²) in [6, 6.07) is 6.09. The minimum Gasteiger partial charge on any atom is -0.492 e. The molecular formula is C24H24F3N5O2. The number of hydrogen-bond acceptors (Lipinski definition) is 7. The Morgan fingerprint density at radius 1 is 1.21 bits per heavy atom. The second-order valence-electron chi connectivity index (χ2n) is 9.42. The summed E-state index contributed by atoms with van der Waals surface area (Å²) < 4.78 is 52.5. The van der Waals surface area contributed by atoms with Crippen molar-refractivity contribution in [2.45, 2.75) is 38.1 Å². The second kappa shape index (κ2) is 7.69. The number of alkyl halides is 3. The summed E-state index contributed by atoms with van der Waals surface area (Å²) in [5.74, 6) is 1.94. The third-order valence-electron chi connectivity index (χ3n) is 6.98. The van der Waals surface area contributed by atoms with E-state index >= 15 is 0 Å². The van der Waals surface area contributed by atoms with E-state index in [1.807, 2.05) is 6.07 Å². The van der Waals surface area contributed by atoms with Crippen molar-refractivity contribution in [1.82, 2.24) is 15.0 Å². The number of fused-ring (bicyclic) bond motifs is 5. The van der Waals surface area contributed by atoms with Crippen LogP contribution in [0.2, 0.25) is 0 Å². The lowest BCUT2D eigenvalue weighted by atomic mass is 10.0. The first-order valence-corrected chi connectivity index (χ1v) is 11.3. The summed E-state index contributed by atoms with van der Waals surface area (Å²) in [5.41, 5.74) is 0.161. The molecule has 2 bridgehead atoms. The van der Waals surface area contributed by atoms with Gasteiger partial charge in [0.2, 0.25) is 0 Å². The number of pyridine rings is 1. The summed E-state index contributed by atoms with van der Waals surface area (Å²) in [5, 5.41) is 4.05. The van der Waals surface area contributed by atoms with Crippen LogP contribution in [0.25, 0.3) is 10.9 Å². The van der Waals surface area contributed by atoms with E-state index in [1.165, 1.54) is 6.07 Å². The van der Waals surface area contributed by atoms with Crippen LogP contribution < -0.4 is 15.0 Å². The molecule has 3 aliphatic rings. The van der Waals surface area contributed by atoms with Crippen molar-refractivity contribution >= 4 is 22.5 Å². The number of ether oxygens (including phenoxy) is 2. The number of aromatic nitrogens is 3. The van der Waals surface area contributed by atoms with Crippen molar-refractivity contribution in [3.05, 3.63) is 47.4 Å². The molecule has 1 saturated heterocycles. The van der Waals surface area contributed by atoms with E-state index in [0.717, 1.165) is 43.2 Å². The van der Waals surface area contributed by atoms with Crippen LogP contribution in [0, 0.1) is 5.41 Å². The average Bonchev–Trinajstić information content (AvgIpc) is 3.54. The highest BCUT2D eigenvalue weighted by Crippen LogP contribution is 2.49. The Hall–Kier alpha value is -3.14. The van der Waals surface area contributed by atoms with E-state index in [-0.39, 0.29) is 30.4 Å². The maximum absolute atomic E-state index is 13.7. The molecular weight excluding hydrogens is 447 g/mol. The highest BCUT2D eigenvalue weighted by molar-refractivity contribution is 5.90. The number of methoxy groups -OCH3 is 1. The van der Waals surface area contributed by atoms with Gasteiger partial charge >= 0.3 is 6.18 Å². The fourth-order valence-corrected chi connectivity index (χ4v) is 4.64. The maximum atomic E-state index is 13.7. The molecule has 1 spiro atoms. The van der Waals surface area contributed by atoms with Gasteiger partial charge in [0.25, 0.3) is 0 Å². The third kappa shape index (κ3) is 3.79. The van der Waals surface area contributed by atoms with Gasteiger partial charge in [-0.2, -0.15) is 13.2 Å². The van der Waals surface area contributed by atoms with E-state index in [1.54, 1.807) is 19.4 Å². The Balaban J connectivity index is 1.42.